The maximum Gasteiger partial charge on any atom is 0.266 e. The van der Waals surface area contributed by atoms with Crippen LogP contribution in [0.4, 0.5) is 11.4 Å². The van der Waals surface area contributed by atoms with E-state index in [0.717, 1.165) is 23.5 Å². The van der Waals surface area contributed by atoms with Crippen LogP contribution in [0.25, 0.3) is 0 Å². The van der Waals surface area contributed by atoms with E-state index in [-0.39, 0.29) is 12.0 Å². The largest absolute Gasteiger partial charge is 0.490 e. The molecule has 0 bridgehead atoms. The zero-order valence-electron chi connectivity index (χ0n) is 15.2. The highest BCUT2D eigenvalue weighted by Gasteiger charge is 2.26. The van der Waals surface area contributed by atoms with Gasteiger partial charge in [-0.3, -0.25) is 9.69 Å². The number of para-hydroxylation sites is 2. The highest BCUT2D eigenvalue weighted by Crippen LogP contribution is 2.31. The monoisotopic (exact) mass is 359 g/mol. The summed E-state index contributed by atoms with van der Waals surface area (Å²) < 4.78 is 11.1. The Balaban J connectivity index is 1.73. The molecule has 0 spiro atoms. The Morgan fingerprint density at radius 3 is 2.15 bits per heavy atom. The van der Waals surface area contributed by atoms with Crippen molar-refractivity contribution in [2.75, 3.05) is 18.1 Å². The Kier molecular flexibility index (Phi) is 4.90. The van der Waals surface area contributed by atoms with Crippen LogP contribution in [-0.4, -0.2) is 25.2 Å². The fourth-order valence-electron chi connectivity index (χ4n) is 2.93. The van der Waals surface area contributed by atoms with E-state index in [9.17, 15) is 4.79 Å². The van der Waals surface area contributed by atoms with Crippen LogP contribution >= 0.6 is 0 Å². The summed E-state index contributed by atoms with van der Waals surface area (Å²) in [6, 6.07) is 25.0. The van der Waals surface area contributed by atoms with Crippen LogP contribution in [0.5, 0.6) is 5.75 Å². The Hall–Kier alpha value is -3.11. The van der Waals surface area contributed by atoms with E-state index in [0.29, 0.717) is 17.9 Å². The molecule has 27 heavy (non-hydrogen) atoms. The van der Waals surface area contributed by atoms with E-state index in [1.54, 1.807) is 4.90 Å². The first-order valence-corrected chi connectivity index (χ1v) is 9.02. The Labute approximate surface area is 159 Å². The number of epoxide rings is 1. The number of carbonyl (C=O) groups excluding carboxylic acids is 1. The average Bonchev–Trinajstić information content (AvgIpc) is 3.53. The van der Waals surface area contributed by atoms with Crippen LogP contribution in [0.1, 0.15) is 15.9 Å². The van der Waals surface area contributed by atoms with Crippen molar-refractivity contribution in [2.45, 2.75) is 13.0 Å². The molecule has 3 aromatic rings. The molecule has 4 heteroatoms. The molecule has 1 fully saturated rings. The van der Waals surface area contributed by atoms with Crippen molar-refractivity contribution in [3.05, 3.63) is 90.0 Å². The lowest BCUT2D eigenvalue weighted by molar-refractivity contribution is 0.0994. The number of amides is 1. The fourth-order valence-corrected chi connectivity index (χ4v) is 2.93. The van der Waals surface area contributed by atoms with Crippen LogP contribution in [0, 0.1) is 6.92 Å². The van der Waals surface area contributed by atoms with Crippen LogP contribution in [0.2, 0.25) is 0 Å². The van der Waals surface area contributed by atoms with Crippen LogP contribution in [0.15, 0.2) is 78.9 Å². The van der Waals surface area contributed by atoms with E-state index >= 15 is 0 Å². The number of benzene rings is 3. The molecular formula is C23H21NO3. The van der Waals surface area contributed by atoms with Crippen molar-refractivity contribution in [1.82, 2.24) is 0 Å². The number of hydrogen-bond donors (Lipinski definition) is 0. The van der Waals surface area contributed by atoms with E-state index in [1.165, 1.54) is 0 Å². The first-order valence-electron chi connectivity index (χ1n) is 9.02. The molecule has 1 amide bonds. The van der Waals surface area contributed by atoms with Gasteiger partial charge in [-0.25, -0.2) is 0 Å². The normalized spacial score (nSPS) is 15.2. The Morgan fingerprint density at radius 1 is 1.00 bits per heavy atom. The minimum atomic E-state index is -0.126. The van der Waals surface area contributed by atoms with Crippen molar-refractivity contribution >= 4 is 17.3 Å². The van der Waals surface area contributed by atoms with E-state index in [2.05, 4.69) is 0 Å². The van der Waals surface area contributed by atoms with Crippen LogP contribution in [0.3, 0.4) is 0 Å². The summed E-state index contributed by atoms with van der Waals surface area (Å²) in [6.07, 6.45) is 0.132. The first-order chi connectivity index (χ1) is 13.2. The number of hydrogen-bond acceptors (Lipinski definition) is 3. The van der Waals surface area contributed by atoms with Crippen molar-refractivity contribution in [1.29, 1.82) is 0 Å². The number of ether oxygens (including phenoxy) is 2. The van der Waals surface area contributed by atoms with Gasteiger partial charge in [0.05, 0.1) is 12.2 Å². The summed E-state index contributed by atoms with van der Waals surface area (Å²) in [6.45, 7) is 3.16. The van der Waals surface area contributed by atoms with Gasteiger partial charge >= 0.3 is 0 Å². The van der Waals surface area contributed by atoms with Crippen LogP contribution in [-0.2, 0) is 4.74 Å². The minimum Gasteiger partial charge on any atom is -0.490 e. The SMILES string of the molecule is Cc1ccc(C(=O)N(c2ccccc2)c2ccccc2)c(OCC2CO2)c1. The third kappa shape index (κ3) is 4.01. The smallest absolute Gasteiger partial charge is 0.266 e. The zero-order valence-corrected chi connectivity index (χ0v) is 15.2. The van der Waals surface area contributed by atoms with Crippen LogP contribution < -0.4 is 9.64 Å². The molecule has 1 atom stereocenters. The maximum absolute atomic E-state index is 13.6. The summed E-state index contributed by atoms with van der Waals surface area (Å²) in [7, 11) is 0. The molecule has 1 unspecified atom stereocenters. The molecule has 1 aliphatic rings. The van der Waals surface area contributed by atoms with Gasteiger partial charge in [0.1, 0.15) is 18.5 Å². The molecule has 1 heterocycles. The minimum absolute atomic E-state index is 0.126. The summed E-state index contributed by atoms with van der Waals surface area (Å²) in [5.74, 6) is 0.464. The Morgan fingerprint density at radius 2 is 1.59 bits per heavy atom. The van der Waals surface area contributed by atoms with Gasteiger partial charge in [0.2, 0.25) is 0 Å². The molecule has 0 saturated carbocycles. The van der Waals surface area contributed by atoms with Gasteiger partial charge < -0.3 is 9.47 Å². The highest BCUT2D eigenvalue weighted by atomic mass is 16.6. The van der Waals surface area contributed by atoms with Crippen molar-refractivity contribution in [3.8, 4) is 5.75 Å². The molecule has 0 radical (unpaired) electrons. The number of carbonyl (C=O) groups is 1. The maximum atomic E-state index is 13.6. The standard InChI is InChI=1S/C23H21NO3/c1-17-12-13-21(22(14-17)27-16-20-15-26-20)23(25)24(18-8-4-2-5-9-18)19-10-6-3-7-11-19/h2-14,20H,15-16H2,1H3. The lowest BCUT2D eigenvalue weighted by Gasteiger charge is -2.24. The summed E-state index contributed by atoms with van der Waals surface area (Å²) in [4.78, 5) is 15.3. The fraction of sp³-hybridized carbons (Fsp3) is 0.174. The van der Waals surface area contributed by atoms with E-state index < -0.39 is 0 Å². The van der Waals surface area contributed by atoms with E-state index in [4.69, 9.17) is 9.47 Å². The van der Waals surface area contributed by atoms with Crippen molar-refractivity contribution in [2.24, 2.45) is 0 Å². The predicted octanol–water partition coefficient (Wildman–Crippen LogP) is 4.75. The molecule has 0 aliphatic carbocycles. The van der Waals surface area contributed by atoms with Gasteiger partial charge in [0.15, 0.2) is 0 Å². The lowest BCUT2D eigenvalue weighted by atomic mass is 10.1. The zero-order chi connectivity index (χ0) is 18.6. The molecule has 0 N–H and O–H groups in total. The first kappa shape index (κ1) is 17.3. The van der Waals surface area contributed by atoms with Gasteiger partial charge in [0, 0.05) is 11.4 Å². The molecule has 4 rings (SSSR count). The molecule has 3 aromatic carbocycles. The molecular weight excluding hydrogens is 338 g/mol. The summed E-state index contributed by atoms with van der Waals surface area (Å²) >= 11 is 0. The van der Waals surface area contributed by atoms with Gasteiger partial charge in [-0.15, -0.1) is 0 Å². The second-order valence-corrected chi connectivity index (χ2v) is 6.58. The number of anilines is 2. The molecule has 1 saturated heterocycles. The molecule has 1 aliphatic heterocycles. The highest BCUT2D eigenvalue weighted by molar-refractivity contribution is 6.12. The van der Waals surface area contributed by atoms with Crippen molar-refractivity contribution in [3.63, 3.8) is 0 Å². The molecule has 0 aromatic heterocycles. The van der Waals surface area contributed by atoms with Gasteiger partial charge in [-0.05, 0) is 48.9 Å². The third-order valence-corrected chi connectivity index (χ3v) is 4.43. The third-order valence-electron chi connectivity index (χ3n) is 4.43. The van der Waals surface area contributed by atoms with E-state index in [1.807, 2.05) is 85.8 Å². The lowest BCUT2D eigenvalue weighted by Crippen LogP contribution is -2.26. The van der Waals surface area contributed by atoms with Gasteiger partial charge in [-0.1, -0.05) is 42.5 Å². The predicted molar refractivity (Wildman–Crippen MR) is 106 cm³/mol. The average molecular weight is 359 g/mol. The summed E-state index contributed by atoms with van der Waals surface area (Å²) in [5, 5.41) is 0. The topological polar surface area (TPSA) is 42.1 Å². The second-order valence-electron chi connectivity index (χ2n) is 6.58. The number of nitrogens with zero attached hydrogens (tertiary/aromatic N) is 1. The van der Waals surface area contributed by atoms with Gasteiger partial charge in [0.25, 0.3) is 5.91 Å². The summed E-state index contributed by atoms with van der Waals surface area (Å²) in [5.41, 5.74) is 3.20. The second kappa shape index (κ2) is 7.64. The molecule has 4 nitrogen and oxygen atoms in total. The van der Waals surface area contributed by atoms with Gasteiger partial charge in [-0.2, -0.15) is 0 Å². The Bertz CT molecular complexity index is 881. The number of rotatable bonds is 6. The number of aryl methyl sites for hydroxylation is 1. The van der Waals surface area contributed by atoms with Crippen molar-refractivity contribution < 1.29 is 14.3 Å². The quantitative estimate of drug-likeness (QED) is 0.597. The molecule has 136 valence electrons.